The topological polar surface area (TPSA) is 67.9 Å². The lowest BCUT2D eigenvalue weighted by Crippen LogP contribution is -2.41. The molecule has 2 atom stereocenters. The van der Waals surface area contributed by atoms with E-state index in [9.17, 15) is 9.59 Å². The molecule has 2 amide bonds. The molecule has 0 unspecified atom stereocenters. The van der Waals surface area contributed by atoms with E-state index in [-0.39, 0.29) is 17.9 Å². The standard InChI is InChI=1S/C29H32N2O4/c1-20-8-7-11-24(18-20)27-26-19-25(35-21(2)28(32)30-15-17-34-3)13-12-22(26)14-16-31(27)29(33)23-9-5-4-6-10-23/h4-13,18-19,21,27H,14-17H2,1-3H3,(H,30,32)/t21-,27-/m0/s1. The van der Waals surface area contributed by atoms with Crippen molar-refractivity contribution in [2.24, 2.45) is 0 Å². The summed E-state index contributed by atoms with van der Waals surface area (Å²) in [6.07, 6.45) is 0.0942. The Morgan fingerprint density at radius 3 is 2.60 bits per heavy atom. The number of hydrogen-bond acceptors (Lipinski definition) is 4. The van der Waals surface area contributed by atoms with Gasteiger partial charge in [-0.2, -0.15) is 0 Å². The second-order valence-electron chi connectivity index (χ2n) is 8.84. The van der Waals surface area contributed by atoms with Crippen LogP contribution < -0.4 is 10.1 Å². The summed E-state index contributed by atoms with van der Waals surface area (Å²) in [5.41, 5.74) is 5.06. The number of aryl methyl sites for hydroxylation is 1. The van der Waals surface area contributed by atoms with Gasteiger partial charge in [0.1, 0.15) is 5.75 Å². The van der Waals surface area contributed by atoms with Gasteiger partial charge in [0.05, 0.1) is 12.6 Å². The maximum Gasteiger partial charge on any atom is 0.260 e. The van der Waals surface area contributed by atoms with E-state index in [4.69, 9.17) is 9.47 Å². The van der Waals surface area contributed by atoms with E-state index >= 15 is 0 Å². The SMILES string of the molecule is COCCNC(=O)[C@H](C)Oc1ccc2c(c1)[C@H](c1cccc(C)c1)N(C(=O)c1ccccc1)CC2. The first-order chi connectivity index (χ1) is 17.0. The number of methoxy groups -OCH3 is 1. The van der Waals surface area contributed by atoms with Crippen LogP contribution in [0.2, 0.25) is 0 Å². The average molecular weight is 473 g/mol. The lowest BCUT2D eigenvalue weighted by molar-refractivity contribution is -0.127. The number of benzene rings is 3. The van der Waals surface area contributed by atoms with Crippen LogP contribution in [0.5, 0.6) is 5.75 Å². The fourth-order valence-corrected chi connectivity index (χ4v) is 4.51. The summed E-state index contributed by atoms with van der Waals surface area (Å²) < 4.78 is 11.0. The van der Waals surface area contributed by atoms with E-state index in [1.807, 2.05) is 59.5 Å². The zero-order chi connectivity index (χ0) is 24.8. The van der Waals surface area contributed by atoms with Crippen molar-refractivity contribution in [3.8, 4) is 5.75 Å². The second kappa shape index (κ2) is 11.2. The molecule has 1 heterocycles. The van der Waals surface area contributed by atoms with Crippen LogP contribution >= 0.6 is 0 Å². The van der Waals surface area contributed by atoms with Crippen molar-refractivity contribution in [1.82, 2.24) is 10.2 Å². The Morgan fingerprint density at radius 2 is 1.86 bits per heavy atom. The first kappa shape index (κ1) is 24.5. The number of ether oxygens (including phenoxy) is 2. The summed E-state index contributed by atoms with van der Waals surface area (Å²) in [6.45, 7) is 5.28. The molecule has 35 heavy (non-hydrogen) atoms. The van der Waals surface area contributed by atoms with Gasteiger partial charge in [-0.3, -0.25) is 9.59 Å². The molecule has 0 aliphatic carbocycles. The fraction of sp³-hybridized carbons (Fsp3) is 0.310. The zero-order valence-electron chi connectivity index (χ0n) is 20.5. The second-order valence-corrected chi connectivity index (χ2v) is 8.84. The van der Waals surface area contributed by atoms with Crippen molar-refractivity contribution in [2.75, 3.05) is 26.8 Å². The number of fused-ring (bicyclic) bond motifs is 1. The molecule has 0 saturated heterocycles. The average Bonchev–Trinajstić information content (AvgIpc) is 2.88. The highest BCUT2D eigenvalue weighted by atomic mass is 16.5. The number of hydrogen-bond donors (Lipinski definition) is 1. The summed E-state index contributed by atoms with van der Waals surface area (Å²) in [5, 5.41) is 2.81. The van der Waals surface area contributed by atoms with E-state index in [1.165, 1.54) is 5.56 Å². The molecule has 1 aliphatic heterocycles. The van der Waals surface area contributed by atoms with Crippen molar-refractivity contribution in [2.45, 2.75) is 32.4 Å². The minimum Gasteiger partial charge on any atom is -0.481 e. The first-order valence-corrected chi connectivity index (χ1v) is 12.0. The molecule has 6 heteroatoms. The predicted octanol–water partition coefficient (Wildman–Crippen LogP) is 4.31. The summed E-state index contributed by atoms with van der Waals surface area (Å²) in [6, 6.07) is 23.4. The highest BCUT2D eigenvalue weighted by molar-refractivity contribution is 5.95. The number of carbonyl (C=O) groups is 2. The van der Waals surface area contributed by atoms with E-state index < -0.39 is 6.10 Å². The molecule has 182 valence electrons. The molecular formula is C29H32N2O4. The van der Waals surface area contributed by atoms with Crippen LogP contribution in [0.25, 0.3) is 0 Å². The summed E-state index contributed by atoms with van der Waals surface area (Å²) in [5.74, 6) is 0.403. The Bertz CT molecular complexity index is 1180. The van der Waals surface area contributed by atoms with Crippen molar-refractivity contribution in [1.29, 1.82) is 0 Å². The lowest BCUT2D eigenvalue weighted by atomic mass is 9.87. The highest BCUT2D eigenvalue weighted by Gasteiger charge is 2.33. The van der Waals surface area contributed by atoms with Crippen LogP contribution in [0.3, 0.4) is 0 Å². The molecule has 0 radical (unpaired) electrons. The van der Waals surface area contributed by atoms with Gasteiger partial charge >= 0.3 is 0 Å². The molecule has 0 bridgehead atoms. The molecule has 0 fully saturated rings. The molecular weight excluding hydrogens is 440 g/mol. The number of nitrogens with zero attached hydrogens (tertiary/aromatic N) is 1. The Balaban J connectivity index is 1.66. The molecule has 3 aromatic carbocycles. The molecule has 1 aliphatic rings. The monoisotopic (exact) mass is 472 g/mol. The Kier molecular flexibility index (Phi) is 7.83. The van der Waals surface area contributed by atoms with E-state index in [0.717, 1.165) is 23.1 Å². The van der Waals surface area contributed by atoms with Crippen LogP contribution in [0.4, 0.5) is 0 Å². The molecule has 1 N–H and O–H groups in total. The molecule has 0 spiro atoms. The highest BCUT2D eigenvalue weighted by Crippen LogP contribution is 2.38. The van der Waals surface area contributed by atoms with Gasteiger partial charge < -0.3 is 19.7 Å². The van der Waals surface area contributed by atoms with Crippen molar-refractivity contribution >= 4 is 11.8 Å². The summed E-state index contributed by atoms with van der Waals surface area (Å²) in [7, 11) is 1.59. The van der Waals surface area contributed by atoms with Crippen LogP contribution in [-0.4, -0.2) is 49.6 Å². The number of rotatable bonds is 8. The molecule has 3 aromatic rings. The van der Waals surface area contributed by atoms with Gasteiger partial charge in [-0.15, -0.1) is 0 Å². The smallest absolute Gasteiger partial charge is 0.260 e. The Morgan fingerprint density at radius 1 is 1.06 bits per heavy atom. The van der Waals surface area contributed by atoms with Crippen LogP contribution in [-0.2, 0) is 16.0 Å². The van der Waals surface area contributed by atoms with Crippen molar-refractivity contribution in [3.05, 3.63) is 101 Å². The van der Waals surface area contributed by atoms with Gasteiger partial charge in [0.15, 0.2) is 6.10 Å². The molecule has 6 nitrogen and oxygen atoms in total. The molecule has 0 aromatic heterocycles. The molecule has 0 saturated carbocycles. The quantitative estimate of drug-likeness (QED) is 0.496. The van der Waals surface area contributed by atoms with E-state index in [1.54, 1.807) is 14.0 Å². The van der Waals surface area contributed by atoms with Crippen LogP contribution in [0, 0.1) is 6.92 Å². The predicted molar refractivity (Wildman–Crippen MR) is 136 cm³/mol. The third-order valence-corrected chi connectivity index (χ3v) is 6.27. The Labute approximate surface area is 206 Å². The first-order valence-electron chi connectivity index (χ1n) is 12.0. The maximum absolute atomic E-state index is 13.6. The number of amides is 2. The van der Waals surface area contributed by atoms with Gasteiger partial charge in [0.2, 0.25) is 0 Å². The third kappa shape index (κ3) is 5.72. The zero-order valence-corrected chi connectivity index (χ0v) is 20.5. The van der Waals surface area contributed by atoms with Crippen LogP contribution in [0.15, 0.2) is 72.8 Å². The third-order valence-electron chi connectivity index (χ3n) is 6.27. The minimum absolute atomic E-state index is 0.0000310. The van der Waals surface area contributed by atoms with Crippen LogP contribution in [0.1, 0.15) is 45.6 Å². The maximum atomic E-state index is 13.6. The van der Waals surface area contributed by atoms with Crippen molar-refractivity contribution in [3.63, 3.8) is 0 Å². The largest absolute Gasteiger partial charge is 0.481 e. The van der Waals surface area contributed by atoms with Gasteiger partial charge in [0.25, 0.3) is 11.8 Å². The van der Waals surface area contributed by atoms with Gasteiger partial charge in [-0.1, -0.05) is 54.1 Å². The van der Waals surface area contributed by atoms with Crippen molar-refractivity contribution < 1.29 is 19.1 Å². The van der Waals surface area contributed by atoms with Gasteiger partial charge in [-0.25, -0.2) is 0 Å². The fourth-order valence-electron chi connectivity index (χ4n) is 4.51. The number of carbonyl (C=O) groups excluding carboxylic acids is 2. The summed E-state index contributed by atoms with van der Waals surface area (Å²) in [4.78, 5) is 27.9. The normalized spacial score (nSPS) is 15.7. The van der Waals surface area contributed by atoms with Gasteiger partial charge in [0, 0.05) is 25.8 Å². The lowest BCUT2D eigenvalue weighted by Gasteiger charge is -2.38. The Hall–Kier alpha value is -3.64. The number of nitrogens with one attached hydrogen (secondary N) is 1. The molecule has 4 rings (SSSR count). The summed E-state index contributed by atoms with van der Waals surface area (Å²) >= 11 is 0. The van der Waals surface area contributed by atoms with E-state index in [2.05, 4.69) is 30.4 Å². The minimum atomic E-state index is -0.659. The van der Waals surface area contributed by atoms with E-state index in [0.29, 0.717) is 31.0 Å². The van der Waals surface area contributed by atoms with Gasteiger partial charge in [-0.05, 0) is 61.2 Å².